The number of anilines is 1. The molecule has 10 heteroatoms. The van der Waals surface area contributed by atoms with Crippen LogP contribution < -0.4 is 10.1 Å². The zero-order chi connectivity index (χ0) is 21.4. The van der Waals surface area contributed by atoms with Crippen LogP contribution in [0.3, 0.4) is 0 Å². The van der Waals surface area contributed by atoms with Crippen LogP contribution >= 0.6 is 34.8 Å². The van der Waals surface area contributed by atoms with Gasteiger partial charge in [-0.3, -0.25) is 4.79 Å². The second-order valence-corrected chi connectivity index (χ2v) is 6.57. The van der Waals surface area contributed by atoms with E-state index in [1.54, 1.807) is 6.07 Å². The van der Waals surface area contributed by atoms with Crippen LogP contribution in [0, 0.1) is 0 Å². The number of hydrogen-bond donors (Lipinski definition) is 1. The lowest BCUT2D eigenvalue weighted by Gasteiger charge is -2.13. The highest BCUT2D eigenvalue weighted by molar-refractivity contribution is 6.39. The highest BCUT2D eigenvalue weighted by Gasteiger charge is 2.18. The number of carbonyl (C=O) groups is 2. The molecule has 0 aliphatic rings. The van der Waals surface area contributed by atoms with E-state index in [1.807, 2.05) is 27.7 Å². The van der Waals surface area contributed by atoms with Gasteiger partial charge in [0, 0.05) is 11.8 Å². The van der Waals surface area contributed by atoms with E-state index in [4.69, 9.17) is 39.5 Å². The van der Waals surface area contributed by atoms with Crippen molar-refractivity contribution in [2.45, 2.75) is 41.0 Å². The van der Waals surface area contributed by atoms with E-state index in [1.165, 1.54) is 12.1 Å². The van der Waals surface area contributed by atoms with Crippen molar-refractivity contribution < 1.29 is 19.1 Å². The SMILES string of the molecule is C.CC.COC(=O)C(=O)Nc1cc(Cl)c(Oc2cc(C(C)C)c(Cl)nn2)c(Cl)c1. The third-order valence-electron chi connectivity index (χ3n) is 3.21. The molecule has 1 aromatic carbocycles. The summed E-state index contributed by atoms with van der Waals surface area (Å²) in [6.45, 7) is 7.90. The molecule has 1 amide bonds. The number of benzene rings is 1. The van der Waals surface area contributed by atoms with Gasteiger partial charge in [-0.1, -0.05) is 69.9 Å². The summed E-state index contributed by atoms with van der Waals surface area (Å²) in [5, 5.41) is 10.5. The lowest BCUT2D eigenvalue weighted by molar-refractivity contribution is -0.150. The summed E-state index contributed by atoms with van der Waals surface area (Å²) < 4.78 is 9.93. The van der Waals surface area contributed by atoms with Crippen LogP contribution in [0.25, 0.3) is 0 Å². The summed E-state index contributed by atoms with van der Waals surface area (Å²) in [5.74, 6) is -1.61. The van der Waals surface area contributed by atoms with E-state index in [0.717, 1.165) is 12.7 Å². The van der Waals surface area contributed by atoms with E-state index < -0.39 is 11.9 Å². The number of rotatable bonds is 4. The highest BCUT2D eigenvalue weighted by Crippen LogP contribution is 2.39. The zero-order valence-corrected chi connectivity index (χ0v) is 18.2. The van der Waals surface area contributed by atoms with Gasteiger partial charge in [0.05, 0.1) is 17.2 Å². The van der Waals surface area contributed by atoms with Gasteiger partial charge >= 0.3 is 11.9 Å². The monoisotopic (exact) mass is 463 g/mol. The molecule has 0 bridgehead atoms. The fraction of sp³-hybridized carbons (Fsp3) is 0.368. The Morgan fingerprint density at radius 1 is 1.03 bits per heavy atom. The first-order valence-corrected chi connectivity index (χ1v) is 9.45. The average Bonchev–Trinajstić information content (AvgIpc) is 2.66. The van der Waals surface area contributed by atoms with Crippen LogP contribution in [0.15, 0.2) is 18.2 Å². The minimum Gasteiger partial charge on any atom is -0.462 e. The molecular formula is C19H24Cl3N3O4. The van der Waals surface area contributed by atoms with Gasteiger partial charge in [0.1, 0.15) is 0 Å². The summed E-state index contributed by atoms with van der Waals surface area (Å²) in [6, 6.07) is 4.38. The molecule has 0 fully saturated rings. The molecule has 1 N–H and O–H groups in total. The zero-order valence-electron chi connectivity index (χ0n) is 16.0. The number of ether oxygens (including phenoxy) is 2. The number of carbonyl (C=O) groups excluding carboxylic acids is 2. The Morgan fingerprint density at radius 2 is 1.59 bits per heavy atom. The lowest BCUT2D eigenvalue weighted by Crippen LogP contribution is -2.23. The molecule has 1 heterocycles. The van der Waals surface area contributed by atoms with Crippen molar-refractivity contribution in [3.63, 3.8) is 0 Å². The smallest absolute Gasteiger partial charge is 0.396 e. The van der Waals surface area contributed by atoms with Crippen molar-refractivity contribution in [3.8, 4) is 11.6 Å². The Hall–Kier alpha value is -2.09. The number of esters is 1. The predicted octanol–water partition coefficient (Wildman–Crippen LogP) is 6.13. The third-order valence-corrected chi connectivity index (χ3v) is 4.06. The maximum Gasteiger partial charge on any atom is 0.396 e. The fourth-order valence-electron chi connectivity index (χ4n) is 1.94. The van der Waals surface area contributed by atoms with Crippen molar-refractivity contribution in [2.24, 2.45) is 0 Å². The molecule has 1 aromatic heterocycles. The Kier molecular flexibility index (Phi) is 11.6. The summed E-state index contributed by atoms with van der Waals surface area (Å²) in [5.41, 5.74) is 0.957. The van der Waals surface area contributed by atoms with Gasteiger partial charge < -0.3 is 14.8 Å². The van der Waals surface area contributed by atoms with Gasteiger partial charge in [-0.15, -0.1) is 10.2 Å². The van der Waals surface area contributed by atoms with Gasteiger partial charge in [-0.05, 0) is 23.6 Å². The van der Waals surface area contributed by atoms with Crippen LogP contribution in [0.5, 0.6) is 11.6 Å². The molecule has 2 aromatic rings. The largest absolute Gasteiger partial charge is 0.462 e. The number of hydrogen-bond acceptors (Lipinski definition) is 6. The van der Waals surface area contributed by atoms with E-state index in [-0.39, 0.29) is 45.9 Å². The van der Waals surface area contributed by atoms with Gasteiger partial charge in [0.2, 0.25) is 5.88 Å². The van der Waals surface area contributed by atoms with Crippen LogP contribution in [0.2, 0.25) is 15.2 Å². The quantitative estimate of drug-likeness (QED) is 0.432. The molecule has 29 heavy (non-hydrogen) atoms. The van der Waals surface area contributed by atoms with Crippen molar-refractivity contribution in [1.82, 2.24) is 10.2 Å². The van der Waals surface area contributed by atoms with Crippen LogP contribution in [0.1, 0.15) is 46.6 Å². The number of nitrogens with one attached hydrogen (secondary N) is 1. The number of methoxy groups -OCH3 is 1. The first-order valence-electron chi connectivity index (χ1n) is 8.32. The van der Waals surface area contributed by atoms with Crippen molar-refractivity contribution in [1.29, 1.82) is 0 Å². The Labute approximate surface area is 185 Å². The van der Waals surface area contributed by atoms with Crippen molar-refractivity contribution in [2.75, 3.05) is 12.4 Å². The van der Waals surface area contributed by atoms with Gasteiger partial charge in [0.25, 0.3) is 0 Å². The Balaban J connectivity index is 0.00000253. The van der Waals surface area contributed by atoms with Crippen LogP contribution in [-0.2, 0) is 14.3 Å². The number of nitrogens with zero attached hydrogens (tertiary/aromatic N) is 2. The molecule has 0 saturated heterocycles. The summed E-state index contributed by atoms with van der Waals surface area (Å²) in [6.07, 6.45) is 0. The molecule has 0 aliphatic carbocycles. The standard InChI is InChI=1S/C16H14Cl3N3O4.C2H6.CH4/c1-7(2)9-6-12(21-22-14(9)19)26-13-10(17)4-8(5-11(13)18)20-15(23)16(24)25-3;1-2;/h4-7H,1-3H3,(H,20,23);1-2H3;1H4. The number of amides is 1. The Bertz CT molecular complexity index is 838. The topological polar surface area (TPSA) is 90.4 Å². The predicted molar refractivity (Wildman–Crippen MR) is 116 cm³/mol. The van der Waals surface area contributed by atoms with E-state index >= 15 is 0 Å². The van der Waals surface area contributed by atoms with Gasteiger partial charge in [-0.2, -0.15) is 0 Å². The number of aromatic nitrogens is 2. The molecule has 160 valence electrons. The molecule has 0 radical (unpaired) electrons. The van der Waals surface area contributed by atoms with Crippen LogP contribution in [-0.4, -0.2) is 29.2 Å². The van der Waals surface area contributed by atoms with E-state index in [9.17, 15) is 9.59 Å². The number of halogens is 3. The van der Waals surface area contributed by atoms with E-state index in [0.29, 0.717) is 0 Å². The first-order chi connectivity index (χ1) is 13.2. The Morgan fingerprint density at radius 3 is 2.07 bits per heavy atom. The average molecular weight is 465 g/mol. The molecule has 0 atom stereocenters. The molecule has 0 spiro atoms. The second kappa shape index (κ2) is 12.5. The molecule has 0 aliphatic heterocycles. The highest BCUT2D eigenvalue weighted by atomic mass is 35.5. The molecular weight excluding hydrogens is 441 g/mol. The lowest BCUT2D eigenvalue weighted by atomic mass is 10.1. The maximum atomic E-state index is 11.5. The molecule has 0 saturated carbocycles. The van der Waals surface area contributed by atoms with Crippen LogP contribution in [0.4, 0.5) is 5.69 Å². The van der Waals surface area contributed by atoms with Gasteiger partial charge in [0.15, 0.2) is 10.9 Å². The second-order valence-electron chi connectivity index (χ2n) is 5.40. The molecule has 0 unspecified atom stereocenters. The summed E-state index contributed by atoms with van der Waals surface area (Å²) in [7, 11) is 1.09. The van der Waals surface area contributed by atoms with E-state index in [2.05, 4.69) is 20.3 Å². The minimum atomic E-state index is -1.05. The third kappa shape index (κ3) is 7.34. The molecule has 7 nitrogen and oxygen atoms in total. The normalized spacial score (nSPS) is 9.69. The van der Waals surface area contributed by atoms with Crippen molar-refractivity contribution >= 4 is 52.4 Å². The fourth-order valence-corrected chi connectivity index (χ4v) is 2.81. The summed E-state index contributed by atoms with van der Waals surface area (Å²) >= 11 is 18.3. The first kappa shape index (κ1) is 26.9. The van der Waals surface area contributed by atoms with Crippen molar-refractivity contribution in [3.05, 3.63) is 39.0 Å². The van der Waals surface area contributed by atoms with Gasteiger partial charge in [-0.25, -0.2) is 4.79 Å². The minimum absolute atomic E-state index is 0. The molecule has 2 rings (SSSR count). The summed E-state index contributed by atoms with van der Waals surface area (Å²) in [4.78, 5) is 22.7. The maximum absolute atomic E-state index is 11.5.